The van der Waals surface area contributed by atoms with Crippen molar-refractivity contribution in [1.82, 2.24) is 14.3 Å². The Kier molecular flexibility index (Phi) is 4.85. The number of hydrogen-bond acceptors (Lipinski definition) is 4. The van der Waals surface area contributed by atoms with Crippen molar-refractivity contribution >= 4 is 33.8 Å². The Bertz CT molecular complexity index is 900. The second kappa shape index (κ2) is 7.06. The average molecular weight is 356 g/mol. The van der Waals surface area contributed by atoms with Gasteiger partial charge in [0.2, 0.25) is 11.8 Å². The van der Waals surface area contributed by atoms with Crippen LogP contribution in [-0.2, 0) is 16.0 Å². The van der Waals surface area contributed by atoms with Crippen LogP contribution in [0.1, 0.15) is 16.8 Å². The molecule has 0 spiro atoms. The molecule has 2 aromatic heterocycles. The van der Waals surface area contributed by atoms with Crippen LogP contribution in [-0.4, -0.2) is 39.7 Å². The number of nitrogens with zero attached hydrogens (tertiary/aromatic N) is 3. The molecule has 0 atom stereocenters. The summed E-state index contributed by atoms with van der Waals surface area (Å²) in [5.41, 5.74) is 3.63. The lowest BCUT2D eigenvalue weighted by Crippen LogP contribution is -2.36. The second-order valence-corrected chi connectivity index (χ2v) is 6.92. The molecule has 0 aliphatic carbocycles. The van der Waals surface area contributed by atoms with Crippen molar-refractivity contribution in [1.29, 1.82) is 0 Å². The van der Waals surface area contributed by atoms with Gasteiger partial charge in [0.25, 0.3) is 0 Å². The van der Waals surface area contributed by atoms with Gasteiger partial charge < -0.3 is 10.2 Å². The molecule has 3 aromatic rings. The van der Waals surface area contributed by atoms with Gasteiger partial charge in [-0.15, -0.1) is 11.3 Å². The average Bonchev–Trinajstić information content (AvgIpc) is 3.13. The van der Waals surface area contributed by atoms with Gasteiger partial charge in [-0.25, -0.2) is 4.98 Å². The number of imidazole rings is 1. The number of fused-ring (bicyclic) bond motifs is 1. The highest BCUT2D eigenvalue weighted by Gasteiger charge is 2.16. The zero-order valence-electron chi connectivity index (χ0n) is 14.4. The van der Waals surface area contributed by atoms with Crippen LogP contribution >= 0.6 is 11.3 Å². The van der Waals surface area contributed by atoms with Crippen LogP contribution in [0, 0.1) is 13.8 Å². The van der Waals surface area contributed by atoms with E-state index in [0.717, 1.165) is 21.8 Å². The lowest BCUT2D eigenvalue weighted by molar-refractivity contribution is -0.132. The van der Waals surface area contributed by atoms with E-state index in [1.54, 1.807) is 7.05 Å². The van der Waals surface area contributed by atoms with E-state index in [-0.39, 0.29) is 24.8 Å². The topological polar surface area (TPSA) is 66.7 Å². The summed E-state index contributed by atoms with van der Waals surface area (Å²) in [7, 11) is 1.63. The van der Waals surface area contributed by atoms with Gasteiger partial charge in [-0.1, -0.05) is 12.1 Å². The van der Waals surface area contributed by atoms with Gasteiger partial charge in [0, 0.05) is 30.5 Å². The fourth-order valence-electron chi connectivity index (χ4n) is 2.53. The van der Waals surface area contributed by atoms with Crippen LogP contribution in [0.2, 0.25) is 0 Å². The number of carbonyl (C=O) groups is 2. The summed E-state index contributed by atoms with van der Waals surface area (Å²) in [6, 6.07) is 5.76. The van der Waals surface area contributed by atoms with Crippen molar-refractivity contribution in [2.75, 3.05) is 18.9 Å². The van der Waals surface area contributed by atoms with Crippen molar-refractivity contribution in [3.05, 3.63) is 52.8 Å². The summed E-state index contributed by atoms with van der Waals surface area (Å²) >= 11 is 1.52. The predicted molar refractivity (Wildman–Crippen MR) is 99.0 cm³/mol. The van der Waals surface area contributed by atoms with Crippen LogP contribution in [0.15, 0.2) is 36.0 Å². The number of benzene rings is 1. The van der Waals surface area contributed by atoms with Gasteiger partial charge in [0.05, 0.1) is 18.7 Å². The minimum absolute atomic E-state index is 0.00837. The molecule has 0 aliphatic heterocycles. The van der Waals surface area contributed by atoms with Gasteiger partial charge in [-0.2, -0.15) is 0 Å². The maximum absolute atomic E-state index is 12.3. The molecular formula is C18H20N4O2S. The molecule has 0 radical (unpaired) electrons. The van der Waals surface area contributed by atoms with Crippen molar-refractivity contribution < 1.29 is 9.59 Å². The van der Waals surface area contributed by atoms with Crippen LogP contribution < -0.4 is 5.32 Å². The van der Waals surface area contributed by atoms with Gasteiger partial charge >= 0.3 is 0 Å². The molecule has 25 heavy (non-hydrogen) atoms. The molecule has 0 bridgehead atoms. The Labute approximate surface area is 150 Å². The van der Waals surface area contributed by atoms with Crippen molar-refractivity contribution in [2.45, 2.75) is 20.3 Å². The highest BCUT2D eigenvalue weighted by atomic mass is 32.1. The van der Waals surface area contributed by atoms with Crippen molar-refractivity contribution in [3.8, 4) is 0 Å². The Morgan fingerprint density at radius 1 is 1.32 bits per heavy atom. The van der Waals surface area contributed by atoms with E-state index < -0.39 is 0 Å². The van der Waals surface area contributed by atoms with E-state index in [1.165, 1.54) is 16.2 Å². The maximum Gasteiger partial charge on any atom is 0.243 e. The van der Waals surface area contributed by atoms with Crippen molar-refractivity contribution in [2.24, 2.45) is 0 Å². The molecule has 0 saturated heterocycles. The van der Waals surface area contributed by atoms with Crippen LogP contribution in [0.4, 0.5) is 5.69 Å². The minimum atomic E-state index is -0.213. The van der Waals surface area contributed by atoms with Gasteiger partial charge in [-0.3, -0.25) is 14.0 Å². The third-order valence-corrected chi connectivity index (χ3v) is 4.93. The van der Waals surface area contributed by atoms with Crippen LogP contribution in [0.5, 0.6) is 0 Å². The molecule has 1 N–H and O–H groups in total. The lowest BCUT2D eigenvalue weighted by atomic mass is 10.1. The molecule has 7 heteroatoms. The van der Waals surface area contributed by atoms with E-state index in [4.69, 9.17) is 0 Å². The highest BCUT2D eigenvalue weighted by Crippen LogP contribution is 2.18. The Morgan fingerprint density at radius 3 is 2.88 bits per heavy atom. The summed E-state index contributed by atoms with van der Waals surface area (Å²) < 4.78 is 1.89. The number of anilines is 1. The zero-order valence-corrected chi connectivity index (χ0v) is 15.3. The third-order valence-electron chi connectivity index (χ3n) is 4.16. The van der Waals surface area contributed by atoms with E-state index in [1.807, 2.05) is 54.2 Å². The number of carbonyl (C=O) groups excluding carboxylic acids is 2. The molecule has 3 rings (SSSR count). The third kappa shape index (κ3) is 3.88. The summed E-state index contributed by atoms with van der Waals surface area (Å²) in [4.78, 5) is 31.2. The van der Waals surface area contributed by atoms with E-state index in [9.17, 15) is 9.59 Å². The Balaban J connectivity index is 1.57. The normalized spacial score (nSPS) is 10.8. The number of aryl methyl sites for hydroxylation is 1. The number of aromatic nitrogens is 2. The molecule has 6 nitrogen and oxygen atoms in total. The smallest absolute Gasteiger partial charge is 0.243 e. The zero-order chi connectivity index (χ0) is 18.0. The molecule has 2 amide bonds. The number of rotatable bonds is 5. The van der Waals surface area contributed by atoms with E-state index in [0.29, 0.717) is 5.69 Å². The summed E-state index contributed by atoms with van der Waals surface area (Å²) in [5.74, 6) is -0.350. The van der Waals surface area contributed by atoms with Gasteiger partial charge in [0.1, 0.15) is 0 Å². The molecule has 1 aromatic carbocycles. The summed E-state index contributed by atoms with van der Waals surface area (Å²) in [5, 5.41) is 4.81. The van der Waals surface area contributed by atoms with Crippen LogP contribution in [0.25, 0.3) is 4.96 Å². The first-order valence-corrected chi connectivity index (χ1v) is 8.83. The number of nitrogens with one attached hydrogen (secondary N) is 1. The maximum atomic E-state index is 12.3. The predicted octanol–water partition coefficient (Wildman–Crippen LogP) is 2.65. The summed E-state index contributed by atoms with van der Waals surface area (Å²) in [6.45, 7) is 3.97. The molecule has 0 fully saturated rings. The van der Waals surface area contributed by atoms with Gasteiger partial charge in [-0.05, 0) is 31.0 Å². The number of likely N-dealkylation sites (N-methyl/N-ethyl adjacent to an activating group) is 1. The molecule has 2 heterocycles. The van der Waals surface area contributed by atoms with E-state index in [2.05, 4.69) is 10.3 Å². The number of hydrogen-bond donors (Lipinski definition) is 1. The molecular weight excluding hydrogens is 336 g/mol. The first-order valence-electron chi connectivity index (χ1n) is 7.95. The minimum Gasteiger partial charge on any atom is -0.336 e. The molecule has 0 unspecified atom stereocenters. The number of amides is 2. The number of thiazole rings is 1. The standard InChI is InChI=1S/C18H20N4O2S/c1-12-5-4-6-15(13(12)2)20-16(23)11-21(3)17(24)9-14-10-22-7-8-25-18(22)19-14/h4-8,10H,9,11H2,1-3H3,(H,20,23). The Morgan fingerprint density at radius 2 is 2.12 bits per heavy atom. The highest BCUT2D eigenvalue weighted by molar-refractivity contribution is 7.15. The largest absolute Gasteiger partial charge is 0.336 e. The summed E-state index contributed by atoms with van der Waals surface area (Å²) in [6.07, 6.45) is 3.93. The monoisotopic (exact) mass is 356 g/mol. The first-order chi connectivity index (χ1) is 11.9. The Hall–Kier alpha value is -2.67. The lowest BCUT2D eigenvalue weighted by Gasteiger charge is -2.17. The first kappa shape index (κ1) is 17.2. The van der Waals surface area contributed by atoms with Gasteiger partial charge in [0.15, 0.2) is 4.96 Å². The quantitative estimate of drug-likeness (QED) is 0.764. The van der Waals surface area contributed by atoms with E-state index >= 15 is 0 Å². The molecule has 130 valence electrons. The molecule has 0 aliphatic rings. The van der Waals surface area contributed by atoms with Crippen LogP contribution in [0.3, 0.4) is 0 Å². The SMILES string of the molecule is Cc1cccc(NC(=O)CN(C)C(=O)Cc2cn3ccsc3n2)c1C. The molecule has 0 saturated carbocycles. The fraction of sp³-hybridized carbons (Fsp3) is 0.278. The van der Waals surface area contributed by atoms with Crippen molar-refractivity contribution in [3.63, 3.8) is 0 Å². The second-order valence-electron chi connectivity index (χ2n) is 6.05. The fourth-order valence-corrected chi connectivity index (χ4v) is 3.25.